The van der Waals surface area contributed by atoms with Crippen molar-refractivity contribution in [3.8, 4) is 6.07 Å². The number of rotatable bonds is 6. The van der Waals surface area contributed by atoms with Gasteiger partial charge in [0.25, 0.3) is 5.91 Å². The number of nitrogens with zero attached hydrogens (tertiary/aromatic N) is 1. The van der Waals surface area contributed by atoms with Gasteiger partial charge in [0.1, 0.15) is 0 Å². The number of amides is 1. The summed E-state index contributed by atoms with van der Waals surface area (Å²) in [7, 11) is 1.62. The van der Waals surface area contributed by atoms with E-state index in [9.17, 15) is 4.79 Å². The summed E-state index contributed by atoms with van der Waals surface area (Å²) >= 11 is 0. The molecule has 0 bridgehead atoms. The summed E-state index contributed by atoms with van der Waals surface area (Å²) in [4.78, 5) is 12.0. The summed E-state index contributed by atoms with van der Waals surface area (Å²) < 4.78 is 5.07. The molecule has 18 heavy (non-hydrogen) atoms. The fraction of sp³-hybridized carbons (Fsp3) is 0.429. The second kappa shape index (κ2) is 7.46. The van der Waals surface area contributed by atoms with Crippen LogP contribution in [-0.4, -0.2) is 25.7 Å². The van der Waals surface area contributed by atoms with Crippen LogP contribution in [0.25, 0.3) is 0 Å². The normalized spacial score (nSPS) is 11.6. The van der Waals surface area contributed by atoms with Crippen molar-refractivity contribution in [2.24, 2.45) is 0 Å². The Balaban J connectivity index is 2.71. The number of methoxy groups -OCH3 is 1. The van der Waals surface area contributed by atoms with Crippen LogP contribution in [0.4, 0.5) is 0 Å². The zero-order valence-corrected chi connectivity index (χ0v) is 10.8. The van der Waals surface area contributed by atoms with Gasteiger partial charge in [0, 0.05) is 12.7 Å². The molecular formula is C14H18N2O2. The van der Waals surface area contributed by atoms with E-state index in [1.807, 2.05) is 6.07 Å². The standard InChI is InChI=1S/C14H18N2O2/c1-3-5-13(10-18-2)16-14(17)12-7-4-6-11(8-12)9-15/h4,6-8,13H,3,5,10H2,1-2H3,(H,16,17). The van der Waals surface area contributed by atoms with Crippen molar-refractivity contribution in [3.63, 3.8) is 0 Å². The van der Waals surface area contributed by atoms with Gasteiger partial charge in [-0.05, 0) is 24.6 Å². The molecule has 96 valence electrons. The van der Waals surface area contributed by atoms with Gasteiger partial charge in [-0.25, -0.2) is 0 Å². The van der Waals surface area contributed by atoms with Crippen LogP contribution in [0.15, 0.2) is 24.3 Å². The van der Waals surface area contributed by atoms with Crippen LogP contribution >= 0.6 is 0 Å². The Morgan fingerprint density at radius 2 is 2.33 bits per heavy atom. The predicted molar refractivity (Wildman–Crippen MR) is 69.2 cm³/mol. The first-order valence-electron chi connectivity index (χ1n) is 6.01. The van der Waals surface area contributed by atoms with Crippen LogP contribution in [0.2, 0.25) is 0 Å². The highest BCUT2D eigenvalue weighted by Gasteiger charge is 2.13. The largest absolute Gasteiger partial charge is 0.383 e. The Kier molecular flexibility index (Phi) is 5.89. The van der Waals surface area contributed by atoms with E-state index >= 15 is 0 Å². The number of nitrogens with one attached hydrogen (secondary N) is 1. The van der Waals surface area contributed by atoms with Crippen LogP contribution in [-0.2, 0) is 4.74 Å². The van der Waals surface area contributed by atoms with E-state index in [0.717, 1.165) is 12.8 Å². The monoisotopic (exact) mass is 246 g/mol. The molecule has 1 aromatic rings. The number of carbonyl (C=O) groups is 1. The molecule has 4 nitrogen and oxygen atoms in total. The SMILES string of the molecule is CCCC(COC)NC(=O)c1cccc(C#N)c1. The molecule has 0 aliphatic heterocycles. The third-order valence-corrected chi connectivity index (χ3v) is 2.59. The lowest BCUT2D eigenvalue weighted by molar-refractivity contribution is 0.0891. The first-order valence-corrected chi connectivity index (χ1v) is 6.01. The molecule has 1 amide bonds. The van der Waals surface area contributed by atoms with Crippen LogP contribution in [0.3, 0.4) is 0 Å². The predicted octanol–water partition coefficient (Wildman–Crippen LogP) is 2.10. The fourth-order valence-electron chi connectivity index (χ4n) is 1.75. The maximum Gasteiger partial charge on any atom is 0.251 e. The summed E-state index contributed by atoms with van der Waals surface area (Å²) in [6.07, 6.45) is 1.85. The maximum absolute atomic E-state index is 12.0. The zero-order valence-electron chi connectivity index (χ0n) is 10.8. The second-order valence-electron chi connectivity index (χ2n) is 4.11. The number of hydrogen-bond donors (Lipinski definition) is 1. The van der Waals surface area contributed by atoms with E-state index in [2.05, 4.69) is 12.2 Å². The van der Waals surface area contributed by atoms with Gasteiger partial charge >= 0.3 is 0 Å². The Hall–Kier alpha value is -1.86. The first-order chi connectivity index (χ1) is 8.71. The molecule has 0 radical (unpaired) electrons. The summed E-state index contributed by atoms with van der Waals surface area (Å²) in [6.45, 7) is 2.56. The molecule has 1 unspecified atom stereocenters. The lowest BCUT2D eigenvalue weighted by Crippen LogP contribution is -2.37. The smallest absolute Gasteiger partial charge is 0.251 e. The second-order valence-corrected chi connectivity index (χ2v) is 4.11. The van der Waals surface area contributed by atoms with E-state index in [0.29, 0.717) is 17.7 Å². The van der Waals surface area contributed by atoms with Crippen LogP contribution in [0.1, 0.15) is 35.7 Å². The van der Waals surface area contributed by atoms with Crippen molar-refractivity contribution in [1.82, 2.24) is 5.32 Å². The molecule has 0 heterocycles. The lowest BCUT2D eigenvalue weighted by Gasteiger charge is -2.17. The van der Waals surface area contributed by atoms with Gasteiger partial charge in [-0.2, -0.15) is 5.26 Å². The minimum Gasteiger partial charge on any atom is -0.383 e. The van der Waals surface area contributed by atoms with Crippen molar-refractivity contribution in [2.75, 3.05) is 13.7 Å². The van der Waals surface area contributed by atoms with Crippen molar-refractivity contribution >= 4 is 5.91 Å². The molecule has 1 aromatic carbocycles. The van der Waals surface area contributed by atoms with Gasteiger partial charge in [0.05, 0.1) is 24.3 Å². The van der Waals surface area contributed by atoms with Crippen LogP contribution in [0.5, 0.6) is 0 Å². The minimum atomic E-state index is -0.164. The highest BCUT2D eigenvalue weighted by atomic mass is 16.5. The number of benzene rings is 1. The Bertz CT molecular complexity index is 432. The topological polar surface area (TPSA) is 62.1 Å². The Morgan fingerprint density at radius 1 is 1.56 bits per heavy atom. The van der Waals surface area contributed by atoms with E-state index in [1.54, 1.807) is 31.4 Å². The van der Waals surface area contributed by atoms with E-state index in [1.165, 1.54) is 0 Å². The third kappa shape index (κ3) is 4.19. The van der Waals surface area contributed by atoms with Gasteiger partial charge in [0.2, 0.25) is 0 Å². The summed E-state index contributed by atoms with van der Waals surface area (Å²) in [6, 6.07) is 8.71. The number of ether oxygens (including phenoxy) is 1. The van der Waals surface area contributed by atoms with Crippen LogP contribution in [0, 0.1) is 11.3 Å². The number of hydrogen-bond acceptors (Lipinski definition) is 3. The summed E-state index contributed by atoms with van der Waals surface area (Å²) in [5, 5.41) is 11.7. The van der Waals surface area contributed by atoms with E-state index in [4.69, 9.17) is 10.00 Å². The van der Waals surface area contributed by atoms with E-state index in [-0.39, 0.29) is 11.9 Å². The molecule has 0 aliphatic carbocycles. The van der Waals surface area contributed by atoms with Gasteiger partial charge in [-0.3, -0.25) is 4.79 Å². The Morgan fingerprint density at radius 3 is 2.94 bits per heavy atom. The first kappa shape index (κ1) is 14.2. The van der Waals surface area contributed by atoms with Gasteiger partial charge < -0.3 is 10.1 Å². The van der Waals surface area contributed by atoms with Gasteiger partial charge in [0.15, 0.2) is 0 Å². The van der Waals surface area contributed by atoms with Crippen molar-refractivity contribution in [3.05, 3.63) is 35.4 Å². The van der Waals surface area contributed by atoms with E-state index < -0.39 is 0 Å². The van der Waals surface area contributed by atoms with Crippen molar-refractivity contribution in [2.45, 2.75) is 25.8 Å². The molecule has 0 saturated heterocycles. The molecule has 1 rings (SSSR count). The minimum absolute atomic E-state index is 0.0123. The zero-order chi connectivity index (χ0) is 13.4. The number of nitriles is 1. The van der Waals surface area contributed by atoms with Gasteiger partial charge in [-0.1, -0.05) is 19.4 Å². The fourth-order valence-corrected chi connectivity index (χ4v) is 1.75. The van der Waals surface area contributed by atoms with Crippen LogP contribution < -0.4 is 5.32 Å². The molecule has 4 heteroatoms. The average Bonchev–Trinajstić information content (AvgIpc) is 2.39. The van der Waals surface area contributed by atoms with Gasteiger partial charge in [-0.15, -0.1) is 0 Å². The Labute approximate surface area is 108 Å². The molecule has 0 spiro atoms. The van der Waals surface area contributed by atoms with Crippen molar-refractivity contribution in [1.29, 1.82) is 5.26 Å². The quantitative estimate of drug-likeness (QED) is 0.836. The molecular weight excluding hydrogens is 228 g/mol. The molecule has 1 N–H and O–H groups in total. The van der Waals surface area contributed by atoms with Crippen molar-refractivity contribution < 1.29 is 9.53 Å². The molecule has 0 aliphatic rings. The highest BCUT2D eigenvalue weighted by molar-refractivity contribution is 5.94. The highest BCUT2D eigenvalue weighted by Crippen LogP contribution is 2.06. The molecule has 1 atom stereocenters. The molecule has 0 aromatic heterocycles. The number of carbonyl (C=O) groups excluding carboxylic acids is 1. The summed E-state index contributed by atoms with van der Waals surface area (Å²) in [5.74, 6) is -0.164. The average molecular weight is 246 g/mol. The lowest BCUT2D eigenvalue weighted by atomic mass is 10.1. The summed E-state index contributed by atoms with van der Waals surface area (Å²) in [5.41, 5.74) is 0.993. The molecule has 0 fully saturated rings. The molecule has 0 saturated carbocycles. The maximum atomic E-state index is 12.0. The third-order valence-electron chi connectivity index (χ3n) is 2.59.